The van der Waals surface area contributed by atoms with Crippen LogP contribution in [0.15, 0.2) is 47.8 Å². The molecular formula is C19H17BrClN3O2S. The minimum Gasteiger partial charge on any atom is -0.495 e. The molecule has 2 aromatic carbocycles. The van der Waals surface area contributed by atoms with Crippen LogP contribution in [0.25, 0.3) is 11.3 Å². The van der Waals surface area contributed by atoms with Gasteiger partial charge >= 0.3 is 0 Å². The third-order valence-electron chi connectivity index (χ3n) is 3.69. The molecule has 0 fully saturated rings. The number of halogens is 2. The quantitative estimate of drug-likeness (QED) is 0.423. The number of ether oxygens (including phenoxy) is 1. The summed E-state index contributed by atoms with van der Waals surface area (Å²) < 4.78 is 5.16. The van der Waals surface area contributed by atoms with Crippen LogP contribution in [-0.2, 0) is 4.79 Å². The Morgan fingerprint density at radius 3 is 2.63 bits per heavy atom. The van der Waals surface area contributed by atoms with Gasteiger partial charge in [-0.3, -0.25) is 4.79 Å². The van der Waals surface area contributed by atoms with Gasteiger partial charge in [-0.05, 0) is 30.3 Å². The van der Waals surface area contributed by atoms with Gasteiger partial charge in [-0.25, -0.2) is 4.98 Å². The molecule has 8 heteroatoms. The Kier molecular flexibility index (Phi) is 6.71. The molecule has 1 heterocycles. The second kappa shape index (κ2) is 9.21. The summed E-state index contributed by atoms with van der Waals surface area (Å²) in [6.45, 7) is 0. The number of thiazole rings is 1. The maximum Gasteiger partial charge on any atom is 0.225 e. The Morgan fingerprint density at radius 1 is 1.22 bits per heavy atom. The van der Waals surface area contributed by atoms with Gasteiger partial charge in [-0.1, -0.05) is 39.7 Å². The van der Waals surface area contributed by atoms with Gasteiger partial charge in [-0.2, -0.15) is 0 Å². The van der Waals surface area contributed by atoms with Crippen LogP contribution in [0.2, 0.25) is 5.02 Å². The molecule has 0 aliphatic heterocycles. The maximum atomic E-state index is 11.6. The highest BCUT2D eigenvalue weighted by atomic mass is 79.9. The average molecular weight is 467 g/mol. The van der Waals surface area contributed by atoms with Crippen molar-refractivity contribution in [1.82, 2.24) is 4.98 Å². The van der Waals surface area contributed by atoms with E-state index in [1.807, 2.05) is 41.8 Å². The topological polar surface area (TPSA) is 63.2 Å². The Labute approximate surface area is 174 Å². The molecule has 0 radical (unpaired) electrons. The van der Waals surface area contributed by atoms with Crippen LogP contribution >= 0.6 is 38.9 Å². The van der Waals surface area contributed by atoms with Gasteiger partial charge < -0.3 is 15.4 Å². The van der Waals surface area contributed by atoms with Crippen LogP contribution in [0.1, 0.15) is 6.42 Å². The van der Waals surface area contributed by atoms with Gasteiger partial charge in [0.1, 0.15) is 5.75 Å². The third-order valence-corrected chi connectivity index (χ3v) is 5.14. The summed E-state index contributed by atoms with van der Waals surface area (Å²) in [4.78, 5) is 16.2. The van der Waals surface area contributed by atoms with Crippen molar-refractivity contribution in [2.24, 2.45) is 0 Å². The fourth-order valence-corrected chi connectivity index (χ4v) is 3.72. The molecule has 140 valence electrons. The summed E-state index contributed by atoms with van der Waals surface area (Å²) >= 11 is 10.9. The maximum absolute atomic E-state index is 11.6. The van der Waals surface area contributed by atoms with Crippen molar-refractivity contribution in [3.63, 3.8) is 0 Å². The normalized spacial score (nSPS) is 10.5. The minimum atomic E-state index is -0.0158. The molecule has 1 amide bonds. The lowest BCUT2D eigenvalue weighted by molar-refractivity contribution is -0.115. The summed E-state index contributed by atoms with van der Waals surface area (Å²) in [7, 11) is 1.58. The SMILES string of the molecule is COc1ccc(Nc2nc(-c3ccc(NC(=O)CCBr)cc3)cs2)cc1Cl. The minimum absolute atomic E-state index is 0.0158. The Morgan fingerprint density at radius 2 is 1.96 bits per heavy atom. The number of aromatic nitrogens is 1. The molecule has 0 aliphatic carbocycles. The smallest absolute Gasteiger partial charge is 0.225 e. The molecule has 1 aromatic heterocycles. The highest BCUT2D eigenvalue weighted by Gasteiger charge is 2.08. The number of hydrogen-bond acceptors (Lipinski definition) is 5. The lowest BCUT2D eigenvalue weighted by atomic mass is 10.1. The van der Waals surface area contributed by atoms with Crippen molar-refractivity contribution >= 4 is 61.3 Å². The first kappa shape index (κ1) is 19.7. The number of alkyl halides is 1. The van der Waals surface area contributed by atoms with E-state index < -0.39 is 0 Å². The number of hydrogen-bond donors (Lipinski definition) is 2. The Balaban J connectivity index is 1.68. The molecule has 3 aromatic rings. The summed E-state index contributed by atoms with van der Waals surface area (Å²) in [6.07, 6.45) is 0.443. The Bertz CT molecular complexity index is 931. The number of benzene rings is 2. The highest BCUT2D eigenvalue weighted by Crippen LogP contribution is 2.31. The third kappa shape index (κ3) is 5.22. The van der Waals surface area contributed by atoms with E-state index in [-0.39, 0.29) is 5.91 Å². The predicted octanol–water partition coefficient (Wildman–Crippen LogP) is 5.94. The first-order valence-electron chi connectivity index (χ1n) is 8.11. The summed E-state index contributed by atoms with van der Waals surface area (Å²) in [6, 6.07) is 13.1. The number of rotatable bonds is 7. The largest absolute Gasteiger partial charge is 0.495 e. The molecule has 0 saturated carbocycles. The van der Waals surface area contributed by atoms with Crippen molar-refractivity contribution < 1.29 is 9.53 Å². The zero-order chi connectivity index (χ0) is 19.2. The van der Waals surface area contributed by atoms with Crippen LogP contribution in [0.4, 0.5) is 16.5 Å². The van der Waals surface area contributed by atoms with Crippen molar-refractivity contribution in [2.75, 3.05) is 23.1 Å². The average Bonchev–Trinajstić information content (AvgIpc) is 3.11. The molecule has 0 bridgehead atoms. The van der Waals surface area contributed by atoms with Gasteiger partial charge in [0.25, 0.3) is 0 Å². The second-order valence-corrected chi connectivity index (χ2v) is 7.64. The number of nitrogens with one attached hydrogen (secondary N) is 2. The Hall–Kier alpha value is -2.09. The molecule has 27 heavy (non-hydrogen) atoms. The van der Waals surface area contributed by atoms with Gasteiger partial charge in [0.05, 0.1) is 17.8 Å². The van der Waals surface area contributed by atoms with Crippen LogP contribution in [-0.4, -0.2) is 23.3 Å². The number of nitrogens with zero attached hydrogens (tertiary/aromatic N) is 1. The van der Waals surface area contributed by atoms with E-state index in [1.54, 1.807) is 13.2 Å². The van der Waals surface area contributed by atoms with Crippen LogP contribution in [0.5, 0.6) is 5.75 Å². The number of carbonyl (C=O) groups excluding carboxylic acids is 1. The van der Waals surface area contributed by atoms with E-state index in [2.05, 4.69) is 31.5 Å². The van der Waals surface area contributed by atoms with Crippen molar-refractivity contribution in [3.05, 3.63) is 52.9 Å². The zero-order valence-electron chi connectivity index (χ0n) is 14.5. The second-order valence-electron chi connectivity index (χ2n) is 5.58. The highest BCUT2D eigenvalue weighted by molar-refractivity contribution is 9.09. The first-order chi connectivity index (χ1) is 13.1. The van der Waals surface area contributed by atoms with Crippen molar-refractivity contribution in [3.8, 4) is 17.0 Å². The standard InChI is InChI=1S/C19H17BrClN3O2S/c1-26-17-7-6-14(10-15(17)21)23-19-24-16(11-27-19)12-2-4-13(5-3-12)22-18(25)8-9-20/h2-7,10-11H,8-9H2,1H3,(H,22,25)(H,23,24). The van der Waals surface area contributed by atoms with Crippen molar-refractivity contribution in [1.29, 1.82) is 0 Å². The molecular weight excluding hydrogens is 450 g/mol. The fourth-order valence-electron chi connectivity index (χ4n) is 2.36. The van der Waals surface area contributed by atoms with Gasteiger partial charge in [-0.15, -0.1) is 11.3 Å². The van der Waals surface area contributed by atoms with E-state index in [0.29, 0.717) is 22.5 Å². The number of carbonyl (C=O) groups is 1. The van der Waals surface area contributed by atoms with E-state index in [0.717, 1.165) is 27.8 Å². The van der Waals surface area contributed by atoms with E-state index in [1.165, 1.54) is 11.3 Å². The van der Waals surface area contributed by atoms with Crippen molar-refractivity contribution in [2.45, 2.75) is 6.42 Å². The summed E-state index contributed by atoms with van der Waals surface area (Å²) in [5.74, 6) is 0.614. The van der Waals surface area contributed by atoms with Gasteiger partial charge in [0.15, 0.2) is 5.13 Å². The van der Waals surface area contributed by atoms with Gasteiger partial charge in [0.2, 0.25) is 5.91 Å². The molecule has 0 atom stereocenters. The zero-order valence-corrected chi connectivity index (χ0v) is 17.6. The number of anilines is 3. The molecule has 0 saturated heterocycles. The molecule has 0 aliphatic rings. The van der Waals surface area contributed by atoms with Gasteiger partial charge in [0, 0.05) is 34.1 Å². The van der Waals surface area contributed by atoms with E-state index in [4.69, 9.17) is 16.3 Å². The lowest BCUT2D eigenvalue weighted by Crippen LogP contribution is -2.11. The van der Waals surface area contributed by atoms with E-state index >= 15 is 0 Å². The van der Waals surface area contributed by atoms with Crippen LogP contribution in [0, 0.1) is 0 Å². The molecule has 0 spiro atoms. The van der Waals surface area contributed by atoms with Crippen LogP contribution in [0.3, 0.4) is 0 Å². The monoisotopic (exact) mass is 465 g/mol. The first-order valence-corrected chi connectivity index (χ1v) is 10.5. The summed E-state index contributed by atoms with van der Waals surface area (Å²) in [5.41, 5.74) is 3.45. The molecule has 2 N–H and O–H groups in total. The van der Waals surface area contributed by atoms with Crippen LogP contribution < -0.4 is 15.4 Å². The predicted molar refractivity (Wildman–Crippen MR) is 116 cm³/mol. The molecule has 5 nitrogen and oxygen atoms in total. The summed E-state index contributed by atoms with van der Waals surface area (Å²) in [5, 5.41) is 10.0. The molecule has 3 rings (SSSR count). The number of methoxy groups -OCH3 is 1. The van der Waals surface area contributed by atoms with E-state index in [9.17, 15) is 4.79 Å². The number of amides is 1. The fraction of sp³-hybridized carbons (Fsp3) is 0.158. The lowest BCUT2D eigenvalue weighted by Gasteiger charge is -2.06. The molecule has 0 unspecified atom stereocenters.